The van der Waals surface area contributed by atoms with Crippen LogP contribution in [0.3, 0.4) is 0 Å². The van der Waals surface area contributed by atoms with E-state index < -0.39 is 21.8 Å². The summed E-state index contributed by atoms with van der Waals surface area (Å²) in [5.74, 6) is -0.527. The van der Waals surface area contributed by atoms with Gasteiger partial charge in [-0.2, -0.15) is 0 Å². The molecule has 0 radical (unpaired) electrons. The van der Waals surface area contributed by atoms with Crippen molar-refractivity contribution in [1.29, 1.82) is 0 Å². The number of hydrogen-bond donors (Lipinski definition) is 3. The zero-order valence-electron chi connectivity index (χ0n) is 9.04. The molecule has 3 N–H and O–H groups in total. The van der Waals surface area contributed by atoms with Crippen molar-refractivity contribution in [3.8, 4) is 0 Å². The van der Waals surface area contributed by atoms with Crippen molar-refractivity contribution in [3.05, 3.63) is 23.5 Å². The van der Waals surface area contributed by atoms with Gasteiger partial charge in [-0.05, 0) is 12.5 Å². The van der Waals surface area contributed by atoms with Gasteiger partial charge < -0.3 is 15.2 Å². The Morgan fingerprint density at radius 3 is 2.50 bits per heavy atom. The first-order valence-electron chi connectivity index (χ1n) is 4.99. The molecule has 0 aliphatic rings. The van der Waals surface area contributed by atoms with Crippen LogP contribution in [0.2, 0.25) is 0 Å². The predicted molar refractivity (Wildman–Crippen MR) is 71.7 cm³/mol. The molecule has 2 unspecified atom stereocenters. The summed E-state index contributed by atoms with van der Waals surface area (Å²) >= 11 is 21.8. The second-order valence-corrected chi connectivity index (χ2v) is 6.32. The van der Waals surface area contributed by atoms with E-state index >= 15 is 0 Å². The quantitative estimate of drug-likeness (QED) is 0.572. The Morgan fingerprint density at radius 1 is 1.39 bits per heavy atom. The van der Waals surface area contributed by atoms with Crippen LogP contribution in [0, 0.1) is 0 Å². The Morgan fingerprint density at radius 2 is 2.00 bits per heavy atom. The molecule has 2 atom stereocenters. The van der Waals surface area contributed by atoms with Gasteiger partial charge in [-0.1, -0.05) is 34.8 Å². The van der Waals surface area contributed by atoms with Crippen LogP contribution < -0.4 is 0 Å². The zero-order chi connectivity index (χ0) is 13.9. The minimum atomic E-state index is -2.07. The summed E-state index contributed by atoms with van der Waals surface area (Å²) in [6.07, 6.45) is -0.584. The number of carbonyl (C=O) groups excluding carboxylic acids is 1. The Labute approximate surface area is 124 Å². The van der Waals surface area contributed by atoms with E-state index in [1.165, 1.54) is 12.3 Å². The average molecular weight is 335 g/mol. The first kappa shape index (κ1) is 16.1. The van der Waals surface area contributed by atoms with E-state index in [0.29, 0.717) is 5.56 Å². The van der Waals surface area contributed by atoms with Crippen molar-refractivity contribution in [2.75, 3.05) is 5.88 Å². The molecule has 1 rings (SSSR count). The zero-order valence-corrected chi connectivity index (χ0v) is 12.1. The number of rotatable bonds is 5. The van der Waals surface area contributed by atoms with Crippen LogP contribution in [0.5, 0.6) is 0 Å². The van der Waals surface area contributed by atoms with Crippen molar-refractivity contribution in [2.24, 2.45) is 0 Å². The lowest BCUT2D eigenvalue weighted by atomic mass is 10.1. The Bertz CT molecular complexity index is 416. The highest BCUT2D eigenvalue weighted by atomic mass is 35.6. The number of aliphatic hydroxyl groups excluding tert-OH is 2. The number of aliphatic hydroxyl groups is 2. The molecule has 8 heteroatoms. The third-order valence-corrected chi connectivity index (χ3v) is 3.05. The van der Waals surface area contributed by atoms with Crippen LogP contribution in [0.1, 0.15) is 28.6 Å². The van der Waals surface area contributed by atoms with Crippen molar-refractivity contribution >= 4 is 52.2 Å². The highest BCUT2D eigenvalue weighted by Crippen LogP contribution is 2.31. The number of ketones is 1. The lowest BCUT2D eigenvalue weighted by Crippen LogP contribution is -2.19. The summed E-state index contributed by atoms with van der Waals surface area (Å²) < 4.78 is -2.07. The smallest absolute Gasteiger partial charge is 0.254 e. The number of Topliss-reactive ketones (excluding diaryl/α,β-unsaturated/α-hetero) is 1. The van der Waals surface area contributed by atoms with Gasteiger partial charge in [0.1, 0.15) is 6.10 Å². The average Bonchev–Trinajstić information content (AvgIpc) is 2.75. The van der Waals surface area contributed by atoms with Crippen LogP contribution in [-0.2, 0) is 0 Å². The van der Waals surface area contributed by atoms with Gasteiger partial charge in [0.05, 0.1) is 11.8 Å². The highest BCUT2D eigenvalue weighted by Gasteiger charge is 2.33. The third kappa shape index (κ3) is 4.02. The monoisotopic (exact) mass is 333 g/mol. The molecule has 102 valence electrons. The van der Waals surface area contributed by atoms with E-state index in [4.69, 9.17) is 46.4 Å². The summed E-state index contributed by atoms with van der Waals surface area (Å²) in [5.41, 5.74) is 0.368. The summed E-state index contributed by atoms with van der Waals surface area (Å²) in [7, 11) is 0. The van der Waals surface area contributed by atoms with Gasteiger partial charge in [-0.15, -0.1) is 11.6 Å². The fourth-order valence-electron chi connectivity index (χ4n) is 1.36. The number of alkyl halides is 4. The van der Waals surface area contributed by atoms with Gasteiger partial charge in [-0.3, -0.25) is 4.79 Å². The molecule has 0 saturated carbocycles. The summed E-state index contributed by atoms with van der Waals surface area (Å²) in [5, 5.41) is 19.3. The largest absolute Gasteiger partial charge is 0.390 e. The van der Waals surface area contributed by atoms with E-state index in [1.807, 2.05) is 0 Å². The standard InChI is InChI=1S/C10H11Cl4NO3/c11-2-1-7(16)8(17)5-3-6(15-4-5)9(18)10(12,13)14/h3-4,7-8,15-17H,1-2H2. The van der Waals surface area contributed by atoms with Crippen LogP contribution in [-0.4, -0.2) is 36.8 Å². The second kappa shape index (κ2) is 6.46. The molecule has 0 saturated heterocycles. The van der Waals surface area contributed by atoms with E-state index in [9.17, 15) is 15.0 Å². The summed E-state index contributed by atoms with van der Waals surface area (Å²) in [6.45, 7) is 0. The van der Waals surface area contributed by atoms with Gasteiger partial charge in [0, 0.05) is 17.6 Å². The molecule has 0 aliphatic carbocycles. The lowest BCUT2D eigenvalue weighted by Gasteiger charge is -2.15. The number of hydrogen-bond acceptors (Lipinski definition) is 3. The molecular formula is C10H11Cl4NO3. The number of aromatic amines is 1. The molecule has 0 amide bonds. The topological polar surface area (TPSA) is 73.3 Å². The molecule has 0 aromatic carbocycles. The van der Waals surface area contributed by atoms with E-state index in [0.717, 1.165) is 0 Å². The number of H-pyrrole nitrogens is 1. The van der Waals surface area contributed by atoms with Gasteiger partial charge >= 0.3 is 0 Å². The second-order valence-electron chi connectivity index (χ2n) is 3.66. The van der Waals surface area contributed by atoms with Gasteiger partial charge in [0.2, 0.25) is 5.78 Å². The third-order valence-electron chi connectivity index (χ3n) is 2.32. The van der Waals surface area contributed by atoms with E-state index in [1.54, 1.807) is 0 Å². The first-order chi connectivity index (χ1) is 8.27. The molecular weight excluding hydrogens is 324 g/mol. The van der Waals surface area contributed by atoms with Crippen molar-refractivity contribution in [2.45, 2.75) is 22.4 Å². The molecule has 1 aromatic rings. The lowest BCUT2D eigenvalue weighted by molar-refractivity contribution is 0.0171. The Hall–Kier alpha value is 0.0300. The number of carbonyl (C=O) groups is 1. The SMILES string of the molecule is O=C(c1cc(C(O)C(O)CCCl)c[nH]1)C(Cl)(Cl)Cl. The van der Waals surface area contributed by atoms with Crippen molar-refractivity contribution in [3.63, 3.8) is 0 Å². The van der Waals surface area contributed by atoms with Crippen molar-refractivity contribution in [1.82, 2.24) is 4.98 Å². The van der Waals surface area contributed by atoms with E-state index in [2.05, 4.69) is 4.98 Å². The van der Waals surface area contributed by atoms with Gasteiger partial charge in [0.15, 0.2) is 0 Å². The maximum absolute atomic E-state index is 11.6. The predicted octanol–water partition coefficient (Wildman–Crippen LogP) is 2.59. The van der Waals surface area contributed by atoms with E-state index in [-0.39, 0.29) is 18.0 Å². The first-order valence-corrected chi connectivity index (χ1v) is 6.66. The van der Waals surface area contributed by atoms with Crippen LogP contribution in [0.15, 0.2) is 12.3 Å². The Balaban J connectivity index is 2.83. The van der Waals surface area contributed by atoms with Crippen molar-refractivity contribution < 1.29 is 15.0 Å². The molecule has 4 nitrogen and oxygen atoms in total. The van der Waals surface area contributed by atoms with Gasteiger partial charge in [-0.25, -0.2) is 0 Å². The molecule has 0 aliphatic heterocycles. The van der Waals surface area contributed by atoms with Crippen LogP contribution in [0.25, 0.3) is 0 Å². The maximum atomic E-state index is 11.6. The normalized spacial score (nSPS) is 15.4. The molecule has 0 spiro atoms. The summed E-state index contributed by atoms with van der Waals surface area (Å²) in [4.78, 5) is 14.2. The highest BCUT2D eigenvalue weighted by molar-refractivity contribution is 6.77. The van der Waals surface area contributed by atoms with Crippen LogP contribution >= 0.6 is 46.4 Å². The number of nitrogens with one attached hydrogen (secondary N) is 1. The molecule has 0 fully saturated rings. The fourth-order valence-corrected chi connectivity index (χ4v) is 1.89. The fraction of sp³-hybridized carbons (Fsp3) is 0.500. The maximum Gasteiger partial charge on any atom is 0.254 e. The minimum absolute atomic E-state index is 0.0436. The van der Waals surface area contributed by atoms with Gasteiger partial charge in [0.25, 0.3) is 3.79 Å². The minimum Gasteiger partial charge on any atom is -0.390 e. The molecule has 18 heavy (non-hydrogen) atoms. The van der Waals surface area contributed by atoms with Crippen LogP contribution in [0.4, 0.5) is 0 Å². The Kier molecular flexibility index (Phi) is 5.77. The summed E-state index contributed by atoms with van der Waals surface area (Å²) in [6, 6.07) is 1.33. The molecule has 1 aromatic heterocycles. The molecule has 0 bridgehead atoms. The molecule has 1 heterocycles. The number of halogens is 4. The number of aromatic nitrogens is 1.